The quantitative estimate of drug-likeness (QED) is 0.442. The molecule has 5 nitrogen and oxygen atoms in total. The average molecular weight is 437 g/mol. The number of thiocarbonyl (C=S) groups is 1. The molecule has 0 radical (unpaired) electrons. The molecule has 0 spiro atoms. The normalized spacial score (nSPS) is 10.9. The number of benzene rings is 2. The van der Waals surface area contributed by atoms with Crippen molar-refractivity contribution in [2.45, 2.75) is 46.2 Å². The zero-order valence-corrected chi connectivity index (χ0v) is 19.7. The van der Waals surface area contributed by atoms with E-state index >= 15 is 0 Å². The van der Waals surface area contributed by atoms with Gasteiger partial charge in [0.05, 0.1) is 13.4 Å². The summed E-state index contributed by atoms with van der Waals surface area (Å²) in [7, 11) is 1.71. The van der Waals surface area contributed by atoms with Crippen LogP contribution >= 0.6 is 12.2 Å². The Labute approximate surface area is 191 Å². The molecule has 2 aromatic carbocycles. The molecule has 1 heterocycles. The highest BCUT2D eigenvalue weighted by Crippen LogP contribution is 2.26. The first-order valence-electron chi connectivity index (χ1n) is 10.7. The van der Waals surface area contributed by atoms with Gasteiger partial charge in [-0.05, 0) is 54.7 Å². The van der Waals surface area contributed by atoms with Crippen molar-refractivity contribution >= 4 is 23.0 Å². The number of anilines is 1. The molecule has 1 aromatic heterocycles. The van der Waals surface area contributed by atoms with E-state index in [0.29, 0.717) is 12.5 Å². The first-order valence-corrected chi connectivity index (χ1v) is 11.1. The van der Waals surface area contributed by atoms with Gasteiger partial charge in [0.15, 0.2) is 5.11 Å². The van der Waals surface area contributed by atoms with Crippen molar-refractivity contribution < 1.29 is 4.74 Å². The number of nitrogens with zero attached hydrogens (tertiary/aromatic N) is 3. The molecule has 0 amide bonds. The first-order chi connectivity index (χ1) is 15.0. The van der Waals surface area contributed by atoms with Crippen LogP contribution < -0.4 is 10.1 Å². The summed E-state index contributed by atoms with van der Waals surface area (Å²) >= 11 is 5.87. The molecular formula is C25H32N4OS. The number of para-hydroxylation sites is 1. The van der Waals surface area contributed by atoms with Crippen molar-refractivity contribution in [3.05, 3.63) is 77.9 Å². The van der Waals surface area contributed by atoms with Gasteiger partial charge in [-0.1, -0.05) is 44.2 Å². The summed E-state index contributed by atoms with van der Waals surface area (Å²) in [5.74, 6) is 1.35. The van der Waals surface area contributed by atoms with Crippen LogP contribution in [-0.4, -0.2) is 33.2 Å². The molecule has 0 fully saturated rings. The minimum absolute atomic E-state index is 0.468. The van der Waals surface area contributed by atoms with Crippen molar-refractivity contribution in [2.75, 3.05) is 19.0 Å². The molecule has 6 heteroatoms. The van der Waals surface area contributed by atoms with Crippen LogP contribution in [0.1, 0.15) is 42.9 Å². The van der Waals surface area contributed by atoms with Crippen LogP contribution in [0.25, 0.3) is 0 Å². The van der Waals surface area contributed by atoms with Gasteiger partial charge < -0.3 is 19.5 Å². The van der Waals surface area contributed by atoms with E-state index in [2.05, 4.69) is 64.8 Å². The third-order valence-corrected chi connectivity index (χ3v) is 5.84. The summed E-state index contributed by atoms with van der Waals surface area (Å²) < 4.78 is 7.66. The van der Waals surface area contributed by atoms with Gasteiger partial charge >= 0.3 is 0 Å². The number of methoxy groups -OCH3 is 1. The van der Waals surface area contributed by atoms with Crippen LogP contribution in [0.2, 0.25) is 0 Å². The number of nitrogens with one attached hydrogen (secondary N) is 1. The Bertz CT molecular complexity index is 985. The highest BCUT2D eigenvalue weighted by atomic mass is 32.1. The molecule has 164 valence electrons. The highest BCUT2D eigenvalue weighted by Gasteiger charge is 2.15. The molecule has 31 heavy (non-hydrogen) atoms. The molecule has 0 aliphatic heterocycles. The lowest BCUT2D eigenvalue weighted by Gasteiger charge is -2.28. The lowest BCUT2D eigenvalue weighted by molar-refractivity contribution is 0.372. The lowest BCUT2D eigenvalue weighted by atomic mass is 9.97. The molecule has 0 unspecified atom stereocenters. The summed E-state index contributed by atoms with van der Waals surface area (Å²) in [6, 6.07) is 14.5. The van der Waals surface area contributed by atoms with Gasteiger partial charge in [0.1, 0.15) is 5.75 Å². The van der Waals surface area contributed by atoms with E-state index in [1.165, 1.54) is 11.1 Å². The minimum atomic E-state index is 0.468. The lowest BCUT2D eigenvalue weighted by Crippen LogP contribution is -2.35. The smallest absolute Gasteiger partial charge is 0.173 e. The molecule has 0 saturated carbocycles. The standard InChI is InChI=1S/C25H32N4OS/c1-19(2)22-10-7-11-23(20(22)3)27-25(31)29(15-8-14-28-16-13-26-18-28)17-21-9-5-6-12-24(21)30-4/h5-7,9-13,16,18-19H,8,14-15,17H2,1-4H3,(H,27,31). The van der Waals surface area contributed by atoms with Crippen molar-refractivity contribution in [1.29, 1.82) is 0 Å². The van der Waals surface area contributed by atoms with E-state index in [9.17, 15) is 0 Å². The fourth-order valence-electron chi connectivity index (χ4n) is 3.76. The molecule has 0 bridgehead atoms. The van der Waals surface area contributed by atoms with Crippen molar-refractivity contribution in [1.82, 2.24) is 14.5 Å². The van der Waals surface area contributed by atoms with E-state index < -0.39 is 0 Å². The Morgan fingerprint density at radius 1 is 1.19 bits per heavy atom. The van der Waals surface area contributed by atoms with Crippen LogP contribution in [0.15, 0.2) is 61.2 Å². The molecule has 3 rings (SSSR count). The highest BCUT2D eigenvalue weighted by molar-refractivity contribution is 7.80. The maximum Gasteiger partial charge on any atom is 0.173 e. The summed E-state index contributed by atoms with van der Waals surface area (Å²) in [5.41, 5.74) is 4.76. The van der Waals surface area contributed by atoms with E-state index in [1.807, 2.05) is 36.9 Å². The largest absolute Gasteiger partial charge is 0.496 e. The molecule has 0 atom stereocenters. The minimum Gasteiger partial charge on any atom is -0.496 e. The average Bonchev–Trinajstić information content (AvgIpc) is 3.28. The topological polar surface area (TPSA) is 42.3 Å². The number of hydrogen-bond donors (Lipinski definition) is 1. The maximum atomic E-state index is 5.87. The summed E-state index contributed by atoms with van der Waals surface area (Å²) in [6.45, 7) is 8.99. The Morgan fingerprint density at radius 3 is 2.71 bits per heavy atom. The second kappa shape index (κ2) is 11.0. The monoisotopic (exact) mass is 436 g/mol. The summed E-state index contributed by atoms with van der Waals surface area (Å²) in [6.07, 6.45) is 6.60. The third-order valence-electron chi connectivity index (χ3n) is 5.48. The maximum absolute atomic E-state index is 5.87. The second-order valence-corrected chi connectivity index (χ2v) is 8.38. The van der Waals surface area contributed by atoms with Gasteiger partial charge in [-0.3, -0.25) is 0 Å². The summed E-state index contributed by atoms with van der Waals surface area (Å²) in [5, 5.41) is 4.23. The number of hydrogen-bond acceptors (Lipinski definition) is 3. The summed E-state index contributed by atoms with van der Waals surface area (Å²) in [4.78, 5) is 6.34. The Kier molecular flexibility index (Phi) is 8.06. The van der Waals surface area contributed by atoms with Gasteiger partial charge in [-0.2, -0.15) is 0 Å². The van der Waals surface area contributed by atoms with Crippen molar-refractivity contribution in [2.24, 2.45) is 0 Å². The molecule has 0 aliphatic rings. The molecular weight excluding hydrogens is 404 g/mol. The molecule has 1 N–H and O–H groups in total. The number of aromatic nitrogens is 2. The third kappa shape index (κ3) is 6.07. The van der Waals surface area contributed by atoms with Crippen LogP contribution in [-0.2, 0) is 13.1 Å². The zero-order chi connectivity index (χ0) is 22.2. The van der Waals surface area contributed by atoms with Crippen LogP contribution in [0.5, 0.6) is 5.75 Å². The molecule has 0 aliphatic carbocycles. The van der Waals surface area contributed by atoms with Gasteiger partial charge in [0.25, 0.3) is 0 Å². The van der Waals surface area contributed by atoms with Crippen molar-refractivity contribution in [3.63, 3.8) is 0 Å². The van der Waals surface area contributed by atoms with Gasteiger partial charge in [0, 0.05) is 43.3 Å². The fourth-order valence-corrected chi connectivity index (χ4v) is 4.03. The van der Waals surface area contributed by atoms with Crippen molar-refractivity contribution in [3.8, 4) is 5.75 Å². The van der Waals surface area contributed by atoms with E-state index in [0.717, 1.165) is 41.6 Å². The zero-order valence-electron chi connectivity index (χ0n) is 18.8. The van der Waals surface area contributed by atoms with Crippen LogP contribution in [0.3, 0.4) is 0 Å². The van der Waals surface area contributed by atoms with Gasteiger partial charge in [0.2, 0.25) is 0 Å². The number of rotatable bonds is 9. The Morgan fingerprint density at radius 2 is 2.00 bits per heavy atom. The van der Waals surface area contributed by atoms with Crippen LogP contribution in [0, 0.1) is 6.92 Å². The van der Waals surface area contributed by atoms with Gasteiger partial charge in [-0.25, -0.2) is 4.98 Å². The second-order valence-electron chi connectivity index (χ2n) is 7.99. The van der Waals surface area contributed by atoms with Crippen LogP contribution in [0.4, 0.5) is 5.69 Å². The predicted octanol–water partition coefficient (Wildman–Crippen LogP) is 5.61. The van der Waals surface area contributed by atoms with Gasteiger partial charge in [-0.15, -0.1) is 0 Å². The SMILES string of the molecule is COc1ccccc1CN(CCCn1ccnc1)C(=S)Nc1cccc(C(C)C)c1C. The molecule has 0 saturated heterocycles. The Hall–Kier alpha value is -2.86. The van der Waals surface area contributed by atoms with E-state index in [1.54, 1.807) is 7.11 Å². The predicted molar refractivity (Wildman–Crippen MR) is 132 cm³/mol. The van der Waals surface area contributed by atoms with E-state index in [4.69, 9.17) is 17.0 Å². The number of aryl methyl sites for hydroxylation is 1. The fraction of sp³-hybridized carbons (Fsp3) is 0.360. The number of imidazole rings is 1. The van der Waals surface area contributed by atoms with E-state index in [-0.39, 0.29) is 0 Å². The number of ether oxygens (including phenoxy) is 1. The first kappa shape index (κ1) is 22.8. The Balaban J connectivity index is 1.77. The molecule has 3 aromatic rings.